The van der Waals surface area contributed by atoms with Crippen molar-refractivity contribution in [2.24, 2.45) is 5.92 Å². The number of anilines is 1. The molecular weight excluding hydrogens is 334 g/mol. The van der Waals surface area contributed by atoms with Crippen molar-refractivity contribution in [3.8, 4) is 5.75 Å². The summed E-state index contributed by atoms with van der Waals surface area (Å²) in [6.45, 7) is 5.50. The summed E-state index contributed by atoms with van der Waals surface area (Å²) in [5.41, 5.74) is 3.40. The number of amides is 2. The number of hydrogen-bond acceptors (Lipinski definition) is 4. The fraction of sp³-hybridized carbons (Fsp3) is 0.474. The Morgan fingerprint density at radius 3 is 2.96 bits per heavy atom. The molecule has 0 aliphatic carbocycles. The van der Waals surface area contributed by atoms with Gasteiger partial charge in [0.15, 0.2) is 0 Å². The van der Waals surface area contributed by atoms with Gasteiger partial charge in [-0.3, -0.25) is 0 Å². The van der Waals surface area contributed by atoms with Crippen LogP contribution in [0.25, 0.3) is 0 Å². The van der Waals surface area contributed by atoms with Crippen LogP contribution in [0, 0.1) is 5.92 Å². The summed E-state index contributed by atoms with van der Waals surface area (Å²) in [6, 6.07) is 7.23. The number of nitrogens with zero attached hydrogens (tertiary/aromatic N) is 1. The Bertz CT molecular complexity index is 631. The van der Waals surface area contributed by atoms with E-state index in [9.17, 15) is 4.79 Å². The van der Waals surface area contributed by atoms with Crippen LogP contribution in [0.2, 0.25) is 0 Å². The summed E-state index contributed by atoms with van der Waals surface area (Å²) < 4.78 is 5.70. The number of benzene rings is 1. The molecule has 6 heteroatoms. The fourth-order valence-electron chi connectivity index (χ4n) is 2.49. The van der Waals surface area contributed by atoms with Crippen LogP contribution in [0.1, 0.15) is 45.2 Å². The Labute approximate surface area is 153 Å². The molecule has 0 radical (unpaired) electrons. The first-order chi connectivity index (χ1) is 12.2. The summed E-state index contributed by atoms with van der Waals surface area (Å²) >= 11 is 1.54. The number of hydrogen-bond donors (Lipinski definition) is 2. The summed E-state index contributed by atoms with van der Waals surface area (Å²) in [5.74, 6) is 1.25. The number of urea groups is 1. The molecule has 0 aliphatic rings. The number of carbonyl (C=O) groups excluding carboxylic acids is 1. The van der Waals surface area contributed by atoms with Crippen molar-refractivity contribution in [1.82, 2.24) is 10.3 Å². The summed E-state index contributed by atoms with van der Waals surface area (Å²) in [6.07, 6.45) is 4.64. The van der Waals surface area contributed by atoms with Crippen molar-refractivity contribution in [1.29, 1.82) is 0 Å². The first-order valence-electron chi connectivity index (χ1n) is 8.86. The second-order valence-electron chi connectivity index (χ2n) is 6.05. The lowest BCUT2D eigenvalue weighted by Gasteiger charge is -2.16. The van der Waals surface area contributed by atoms with E-state index in [2.05, 4.69) is 29.5 Å². The Morgan fingerprint density at radius 1 is 1.36 bits per heavy atom. The number of nitrogens with one attached hydrogen (secondary N) is 2. The van der Waals surface area contributed by atoms with Gasteiger partial charge >= 0.3 is 6.03 Å². The van der Waals surface area contributed by atoms with E-state index in [1.54, 1.807) is 16.8 Å². The van der Waals surface area contributed by atoms with Gasteiger partial charge in [0.1, 0.15) is 12.4 Å². The monoisotopic (exact) mass is 361 g/mol. The molecule has 1 heterocycles. The van der Waals surface area contributed by atoms with Crippen LogP contribution in [-0.2, 0) is 6.61 Å². The molecule has 1 aromatic carbocycles. The number of unbranched alkanes of at least 4 members (excludes halogenated alkanes) is 1. The van der Waals surface area contributed by atoms with Crippen LogP contribution < -0.4 is 15.4 Å². The van der Waals surface area contributed by atoms with Gasteiger partial charge in [-0.05, 0) is 24.5 Å². The number of rotatable bonds is 10. The molecule has 2 amide bonds. The van der Waals surface area contributed by atoms with Crippen LogP contribution in [-0.4, -0.2) is 17.6 Å². The zero-order valence-corrected chi connectivity index (χ0v) is 15.8. The van der Waals surface area contributed by atoms with Gasteiger partial charge < -0.3 is 15.4 Å². The fourth-order valence-corrected chi connectivity index (χ4v) is 3.03. The molecule has 2 rings (SSSR count). The minimum atomic E-state index is -0.174. The average molecular weight is 362 g/mol. The molecule has 0 saturated heterocycles. The molecule has 5 nitrogen and oxygen atoms in total. The van der Waals surface area contributed by atoms with Gasteiger partial charge in [-0.25, -0.2) is 9.78 Å². The van der Waals surface area contributed by atoms with E-state index in [0.29, 0.717) is 24.8 Å². The lowest BCUT2D eigenvalue weighted by molar-refractivity contribution is 0.249. The Hall–Kier alpha value is -2.08. The molecule has 0 spiro atoms. The quantitative estimate of drug-likeness (QED) is 0.622. The van der Waals surface area contributed by atoms with Crippen molar-refractivity contribution < 1.29 is 9.53 Å². The number of ether oxygens (including phenoxy) is 1. The lowest BCUT2D eigenvalue weighted by Crippen LogP contribution is -2.33. The average Bonchev–Trinajstić information content (AvgIpc) is 3.14. The Morgan fingerprint density at radius 2 is 2.24 bits per heavy atom. The first kappa shape index (κ1) is 19.2. The van der Waals surface area contributed by atoms with E-state index in [0.717, 1.165) is 24.2 Å². The molecule has 0 aliphatic heterocycles. The van der Waals surface area contributed by atoms with Crippen LogP contribution in [0.3, 0.4) is 0 Å². The molecule has 1 aromatic heterocycles. The van der Waals surface area contributed by atoms with Crippen molar-refractivity contribution in [2.75, 3.05) is 11.9 Å². The molecule has 0 saturated carbocycles. The third kappa shape index (κ3) is 7.13. The molecule has 0 bridgehead atoms. The second kappa shape index (κ2) is 10.7. The number of carbonyl (C=O) groups is 1. The van der Waals surface area contributed by atoms with Gasteiger partial charge in [0.05, 0.1) is 11.2 Å². The van der Waals surface area contributed by atoms with Crippen LogP contribution in [0.5, 0.6) is 5.75 Å². The highest BCUT2D eigenvalue weighted by Crippen LogP contribution is 2.19. The molecule has 0 fully saturated rings. The maximum atomic E-state index is 12.1. The predicted octanol–water partition coefficient (Wildman–Crippen LogP) is 5.06. The van der Waals surface area contributed by atoms with Crippen molar-refractivity contribution in [3.05, 3.63) is 40.8 Å². The van der Waals surface area contributed by atoms with E-state index in [1.165, 1.54) is 12.8 Å². The Kier molecular flexibility index (Phi) is 8.25. The van der Waals surface area contributed by atoms with E-state index >= 15 is 0 Å². The van der Waals surface area contributed by atoms with Crippen LogP contribution in [0.4, 0.5) is 10.5 Å². The molecule has 1 atom stereocenters. The minimum Gasteiger partial charge on any atom is -0.487 e. The molecule has 1 unspecified atom stereocenters. The highest BCUT2D eigenvalue weighted by Gasteiger charge is 2.09. The molecule has 2 aromatic rings. The van der Waals surface area contributed by atoms with Crippen molar-refractivity contribution in [2.45, 2.75) is 46.1 Å². The first-order valence-corrected chi connectivity index (χ1v) is 9.80. The van der Waals surface area contributed by atoms with Gasteiger partial charge in [0.25, 0.3) is 0 Å². The largest absolute Gasteiger partial charge is 0.487 e. The topological polar surface area (TPSA) is 63.2 Å². The Balaban J connectivity index is 1.79. The SMILES string of the molecule is CCCCC(CC)CNC(=O)Nc1cccc(OCc2cscn2)c1. The normalized spacial score (nSPS) is 11.8. The smallest absolute Gasteiger partial charge is 0.319 e. The standard InChI is InChI=1S/C19H27N3O2S/c1-3-5-7-15(4-2)11-20-19(23)22-16-8-6-9-18(10-16)24-12-17-13-25-14-21-17/h6,8-10,13-15H,3-5,7,11-12H2,1-2H3,(H2,20,22,23). The van der Waals surface area contributed by atoms with E-state index in [-0.39, 0.29) is 6.03 Å². The molecule has 25 heavy (non-hydrogen) atoms. The predicted molar refractivity (Wildman–Crippen MR) is 103 cm³/mol. The maximum absolute atomic E-state index is 12.1. The van der Waals surface area contributed by atoms with Gasteiger partial charge in [-0.2, -0.15) is 0 Å². The van der Waals surface area contributed by atoms with Gasteiger partial charge in [0.2, 0.25) is 0 Å². The van der Waals surface area contributed by atoms with Crippen LogP contribution >= 0.6 is 11.3 Å². The van der Waals surface area contributed by atoms with E-state index in [1.807, 2.05) is 29.6 Å². The molecule has 2 N–H and O–H groups in total. The summed E-state index contributed by atoms with van der Waals surface area (Å²) in [4.78, 5) is 16.3. The highest BCUT2D eigenvalue weighted by molar-refractivity contribution is 7.07. The number of thiazole rings is 1. The third-order valence-electron chi connectivity index (χ3n) is 4.06. The van der Waals surface area contributed by atoms with Gasteiger partial charge in [-0.15, -0.1) is 11.3 Å². The summed E-state index contributed by atoms with van der Waals surface area (Å²) in [5, 5.41) is 7.79. The highest BCUT2D eigenvalue weighted by atomic mass is 32.1. The second-order valence-corrected chi connectivity index (χ2v) is 6.77. The van der Waals surface area contributed by atoms with Crippen molar-refractivity contribution in [3.63, 3.8) is 0 Å². The van der Waals surface area contributed by atoms with E-state index < -0.39 is 0 Å². The molecule has 136 valence electrons. The van der Waals surface area contributed by atoms with Gasteiger partial charge in [-0.1, -0.05) is 39.2 Å². The zero-order valence-electron chi connectivity index (χ0n) is 15.0. The third-order valence-corrected chi connectivity index (χ3v) is 4.69. The van der Waals surface area contributed by atoms with Gasteiger partial charge in [0, 0.05) is 23.7 Å². The van der Waals surface area contributed by atoms with Crippen LogP contribution in [0.15, 0.2) is 35.2 Å². The molecular formula is C19H27N3O2S. The minimum absolute atomic E-state index is 0.174. The maximum Gasteiger partial charge on any atom is 0.319 e. The number of aromatic nitrogens is 1. The van der Waals surface area contributed by atoms with Crippen molar-refractivity contribution >= 4 is 23.1 Å². The summed E-state index contributed by atoms with van der Waals surface area (Å²) in [7, 11) is 0. The lowest BCUT2D eigenvalue weighted by atomic mass is 9.99. The zero-order chi connectivity index (χ0) is 17.9. The van der Waals surface area contributed by atoms with E-state index in [4.69, 9.17) is 4.74 Å².